The van der Waals surface area contributed by atoms with Crippen LogP contribution in [0.4, 0.5) is 17.1 Å². The number of ketones is 1. The third-order valence-electron chi connectivity index (χ3n) is 3.53. The summed E-state index contributed by atoms with van der Waals surface area (Å²) in [5.74, 6) is 0.0514. The second-order valence-corrected chi connectivity index (χ2v) is 4.99. The lowest BCUT2D eigenvalue weighted by atomic mass is 10.1. The highest BCUT2D eigenvalue weighted by Gasteiger charge is 2.01. The second-order valence-electron chi connectivity index (χ2n) is 4.99. The third-order valence-corrected chi connectivity index (χ3v) is 3.53. The van der Waals surface area contributed by atoms with E-state index < -0.39 is 0 Å². The molecule has 0 amide bonds. The molecule has 0 saturated carbocycles. The van der Waals surface area contributed by atoms with Gasteiger partial charge >= 0.3 is 0 Å². The van der Waals surface area contributed by atoms with Crippen molar-refractivity contribution in [2.24, 2.45) is 10.2 Å². The first-order valence-electron chi connectivity index (χ1n) is 7.51. The average Bonchev–Trinajstić information content (AvgIpc) is 2.55. The Morgan fingerprint density at radius 1 is 0.864 bits per heavy atom. The molecule has 0 heterocycles. The van der Waals surface area contributed by atoms with Crippen LogP contribution in [0.1, 0.15) is 31.1 Å². The van der Waals surface area contributed by atoms with Gasteiger partial charge in [-0.15, -0.1) is 0 Å². The number of hydrogen-bond acceptors (Lipinski definition) is 4. The van der Waals surface area contributed by atoms with Gasteiger partial charge in [-0.25, -0.2) is 0 Å². The molecule has 0 radical (unpaired) electrons. The van der Waals surface area contributed by atoms with Crippen LogP contribution < -0.4 is 4.90 Å². The van der Waals surface area contributed by atoms with Crippen molar-refractivity contribution in [2.75, 3.05) is 18.0 Å². The van der Waals surface area contributed by atoms with Crippen molar-refractivity contribution < 1.29 is 4.79 Å². The van der Waals surface area contributed by atoms with Crippen LogP contribution in [0.5, 0.6) is 0 Å². The molecule has 0 aliphatic rings. The van der Waals surface area contributed by atoms with E-state index in [0.717, 1.165) is 24.5 Å². The molecule has 4 heteroatoms. The Hall–Kier alpha value is -2.49. The van der Waals surface area contributed by atoms with Crippen molar-refractivity contribution in [3.63, 3.8) is 0 Å². The highest BCUT2D eigenvalue weighted by molar-refractivity contribution is 5.94. The van der Waals surface area contributed by atoms with Gasteiger partial charge in [0.2, 0.25) is 0 Å². The van der Waals surface area contributed by atoms with E-state index in [1.807, 2.05) is 12.1 Å². The standard InChI is InChI=1S/C18H21N3O/c1-4-21(5-2)18-12-10-17(11-13-18)20-19-16-8-6-15(7-9-16)14(3)22/h6-13H,4-5H2,1-3H3. The van der Waals surface area contributed by atoms with Crippen LogP contribution in [0, 0.1) is 0 Å². The van der Waals surface area contributed by atoms with Gasteiger partial charge in [-0.05, 0) is 69.3 Å². The predicted molar refractivity (Wildman–Crippen MR) is 90.6 cm³/mol. The number of benzene rings is 2. The van der Waals surface area contributed by atoms with Crippen LogP contribution in [0.15, 0.2) is 58.8 Å². The lowest BCUT2D eigenvalue weighted by Crippen LogP contribution is -2.21. The molecule has 4 nitrogen and oxygen atoms in total. The normalized spacial score (nSPS) is 10.9. The SMILES string of the molecule is CCN(CC)c1ccc(N=Nc2ccc(C(C)=O)cc2)cc1. The monoisotopic (exact) mass is 295 g/mol. The molecule has 2 aromatic carbocycles. The van der Waals surface area contributed by atoms with Gasteiger partial charge in [0.05, 0.1) is 11.4 Å². The zero-order valence-electron chi connectivity index (χ0n) is 13.3. The van der Waals surface area contributed by atoms with Gasteiger partial charge in [0.1, 0.15) is 0 Å². The number of anilines is 1. The largest absolute Gasteiger partial charge is 0.372 e. The van der Waals surface area contributed by atoms with Crippen molar-refractivity contribution in [1.29, 1.82) is 0 Å². The van der Waals surface area contributed by atoms with Gasteiger partial charge < -0.3 is 4.90 Å². The minimum absolute atomic E-state index is 0.0514. The quantitative estimate of drug-likeness (QED) is 0.546. The lowest BCUT2D eigenvalue weighted by molar-refractivity contribution is 0.101. The first kappa shape index (κ1) is 15.9. The zero-order chi connectivity index (χ0) is 15.9. The van der Waals surface area contributed by atoms with E-state index in [9.17, 15) is 4.79 Å². The summed E-state index contributed by atoms with van der Waals surface area (Å²) in [6.07, 6.45) is 0. The number of rotatable bonds is 6. The minimum atomic E-state index is 0.0514. The zero-order valence-corrected chi connectivity index (χ0v) is 13.3. The summed E-state index contributed by atoms with van der Waals surface area (Å²) in [6, 6.07) is 15.2. The molecule has 0 bridgehead atoms. The second kappa shape index (κ2) is 7.50. The fraction of sp³-hybridized carbons (Fsp3) is 0.278. The van der Waals surface area contributed by atoms with Gasteiger partial charge in [-0.2, -0.15) is 10.2 Å². The van der Waals surface area contributed by atoms with Crippen molar-refractivity contribution in [2.45, 2.75) is 20.8 Å². The Kier molecular flexibility index (Phi) is 5.42. The molecule has 0 atom stereocenters. The molecular formula is C18H21N3O. The molecule has 0 aliphatic heterocycles. The molecule has 0 aliphatic carbocycles. The summed E-state index contributed by atoms with van der Waals surface area (Å²) in [5, 5.41) is 8.42. The Morgan fingerprint density at radius 3 is 1.73 bits per heavy atom. The Balaban J connectivity index is 2.08. The molecule has 0 fully saturated rings. The maximum Gasteiger partial charge on any atom is 0.159 e. The van der Waals surface area contributed by atoms with Crippen LogP contribution in [0.25, 0.3) is 0 Å². The van der Waals surface area contributed by atoms with E-state index in [4.69, 9.17) is 0 Å². The van der Waals surface area contributed by atoms with E-state index in [1.165, 1.54) is 5.69 Å². The average molecular weight is 295 g/mol. The van der Waals surface area contributed by atoms with Gasteiger partial charge in [-0.1, -0.05) is 0 Å². The van der Waals surface area contributed by atoms with E-state index in [2.05, 4.69) is 41.1 Å². The molecule has 0 spiro atoms. The molecule has 114 valence electrons. The van der Waals surface area contributed by atoms with Gasteiger partial charge in [0, 0.05) is 24.3 Å². The number of carbonyl (C=O) groups is 1. The van der Waals surface area contributed by atoms with Crippen LogP contribution in [-0.4, -0.2) is 18.9 Å². The molecular weight excluding hydrogens is 274 g/mol. The summed E-state index contributed by atoms with van der Waals surface area (Å²) >= 11 is 0. The molecule has 0 saturated heterocycles. The first-order valence-corrected chi connectivity index (χ1v) is 7.51. The van der Waals surface area contributed by atoms with Crippen molar-refractivity contribution in [3.05, 3.63) is 54.1 Å². The third kappa shape index (κ3) is 4.01. The number of carbonyl (C=O) groups excluding carboxylic acids is 1. The van der Waals surface area contributed by atoms with E-state index >= 15 is 0 Å². The molecule has 0 aromatic heterocycles. The highest BCUT2D eigenvalue weighted by atomic mass is 16.1. The van der Waals surface area contributed by atoms with Gasteiger partial charge in [0.25, 0.3) is 0 Å². The Labute approximate surface area is 131 Å². The lowest BCUT2D eigenvalue weighted by Gasteiger charge is -2.20. The fourth-order valence-corrected chi connectivity index (χ4v) is 2.20. The molecule has 0 N–H and O–H groups in total. The summed E-state index contributed by atoms with van der Waals surface area (Å²) < 4.78 is 0. The number of nitrogens with zero attached hydrogens (tertiary/aromatic N) is 3. The van der Waals surface area contributed by atoms with Crippen LogP contribution in [0.3, 0.4) is 0 Å². The van der Waals surface area contributed by atoms with Crippen molar-refractivity contribution in [3.8, 4) is 0 Å². The van der Waals surface area contributed by atoms with Gasteiger partial charge in [0.15, 0.2) is 5.78 Å². The minimum Gasteiger partial charge on any atom is -0.372 e. The van der Waals surface area contributed by atoms with Crippen LogP contribution in [0.2, 0.25) is 0 Å². The summed E-state index contributed by atoms with van der Waals surface area (Å²) in [6.45, 7) is 7.80. The smallest absolute Gasteiger partial charge is 0.159 e. The van der Waals surface area contributed by atoms with Crippen LogP contribution in [-0.2, 0) is 0 Å². The summed E-state index contributed by atoms with van der Waals surface area (Å²) in [4.78, 5) is 13.5. The van der Waals surface area contributed by atoms with Crippen molar-refractivity contribution >= 4 is 22.8 Å². The maximum absolute atomic E-state index is 11.2. The summed E-state index contributed by atoms with van der Waals surface area (Å²) in [7, 11) is 0. The maximum atomic E-state index is 11.2. The number of azo groups is 1. The van der Waals surface area contributed by atoms with Crippen molar-refractivity contribution in [1.82, 2.24) is 0 Å². The van der Waals surface area contributed by atoms with E-state index in [1.54, 1.807) is 31.2 Å². The fourth-order valence-electron chi connectivity index (χ4n) is 2.20. The number of hydrogen-bond donors (Lipinski definition) is 0. The Bertz CT molecular complexity index is 641. The Morgan fingerprint density at radius 2 is 1.32 bits per heavy atom. The highest BCUT2D eigenvalue weighted by Crippen LogP contribution is 2.22. The molecule has 2 rings (SSSR count). The predicted octanol–water partition coefficient (Wildman–Crippen LogP) is 5.15. The topological polar surface area (TPSA) is 45.0 Å². The number of Topliss-reactive ketones (excluding diaryl/α,β-unsaturated/α-hetero) is 1. The molecule has 2 aromatic rings. The van der Waals surface area contributed by atoms with Gasteiger partial charge in [-0.3, -0.25) is 4.79 Å². The van der Waals surface area contributed by atoms with Crippen LogP contribution >= 0.6 is 0 Å². The van der Waals surface area contributed by atoms with E-state index in [-0.39, 0.29) is 5.78 Å². The van der Waals surface area contributed by atoms with E-state index in [0.29, 0.717) is 5.56 Å². The summed E-state index contributed by atoms with van der Waals surface area (Å²) in [5.41, 5.74) is 3.42. The first-order chi connectivity index (χ1) is 10.6. The molecule has 22 heavy (non-hydrogen) atoms. The molecule has 0 unspecified atom stereocenters.